The number of rotatable bonds is 9. The molecule has 1 aromatic carbocycles. The van der Waals surface area contributed by atoms with Crippen LogP contribution < -0.4 is 20.7 Å². The molecule has 0 unspecified atom stereocenters. The number of aliphatic imine (C=N–C) groups is 1. The van der Waals surface area contributed by atoms with Crippen molar-refractivity contribution in [1.82, 2.24) is 16.0 Å². The summed E-state index contributed by atoms with van der Waals surface area (Å²) < 4.78 is 11.1. The quantitative estimate of drug-likeness (QED) is 0.343. The van der Waals surface area contributed by atoms with Gasteiger partial charge in [0.05, 0.1) is 6.61 Å². The average Bonchev–Trinajstić information content (AvgIpc) is 3.46. The Kier molecular flexibility index (Phi) is 8.42. The topological polar surface area (TPSA) is 84.0 Å². The molecule has 0 aromatic heterocycles. The summed E-state index contributed by atoms with van der Waals surface area (Å²) in [6.07, 6.45) is 2.93. The largest absolute Gasteiger partial charge is 0.493 e. The van der Waals surface area contributed by atoms with Gasteiger partial charge in [-0.2, -0.15) is 0 Å². The molecule has 28 heavy (non-hydrogen) atoms. The molecule has 156 valence electrons. The van der Waals surface area contributed by atoms with E-state index in [0.29, 0.717) is 25.6 Å². The number of carbonyl (C=O) groups excluding carboxylic acids is 1. The normalized spacial score (nSPS) is 14.4. The standard InChI is InChI=1S/C21H34N4O3/c1-21(2,3)28-20(26)24-13-7-12-23-19(22-4)25-14-17-8-5-6-9-18(17)27-15-16-10-11-16/h5-6,8-9,16H,7,10-15H2,1-4H3,(H,24,26)(H2,22,23,25). The lowest BCUT2D eigenvalue weighted by atomic mass is 10.2. The maximum absolute atomic E-state index is 11.6. The summed E-state index contributed by atoms with van der Waals surface area (Å²) >= 11 is 0. The number of alkyl carbamates (subject to hydrolysis) is 1. The van der Waals surface area contributed by atoms with Crippen molar-refractivity contribution in [2.45, 2.75) is 52.2 Å². The lowest BCUT2D eigenvalue weighted by Gasteiger charge is -2.19. The fourth-order valence-corrected chi connectivity index (χ4v) is 2.48. The van der Waals surface area contributed by atoms with Gasteiger partial charge in [0.15, 0.2) is 5.96 Å². The Labute approximate surface area is 168 Å². The van der Waals surface area contributed by atoms with Crippen molar-refractivity contribution < 1.29 is 14.3 Å². The van der Waals surface area contributed by atoms with Crippen LogP contribution in [0.2, 0.25) is 0 Å². The highest BCUT2D eigenvalue weighted by Crippen LogP contribution is 2.30. The Morgan fingerprint density at radius 3 is 2.54 bits per heavy atom. The molecule has 1 aliphatic rings. The van der Waals surface area contributed by atoms with E-state index in [9.17, 15) is 4.79 Å². The van der Waals surface area contributed by atoms with Gasteiger partial charge in [0.2, 0.25) is 0 Å². The predicted octanol–water partition coefficient (Wildman–Crippen LogP) is 3.06. The van der Waals surface area contributed by atoms with Crippen LogP contribution in [0.15, 0.2) is 29.3 Å². The first-order chi connectivity index (χ1) is 13.4. The summed E-state index contributed by atoms with van der Waals surface area (Å²) in [6.45, 7) is 8.20. The molecule has 0 heterocycles. The number of guanidine groups is 1. The first kappa shape index (κ1) is 21.9. The van der Waals surface area contributed by atoms with Crippen LogP contribution in [0.3, 0.4) is 0 Å². The number of benzene rings is 1. The summed E-state index contributed by atoms with van der Waals surface area (Å²) in [4.78, 5) is 15.8. The van der Waals surface area contributed by atoms with E-state index in [1.165, 1.54) is 12.8 Å². The summed E-state index contributed by atoms with van der Waals surface area (Å²) in [5.41, 5.74) is 0.630. The first-order valence-corrected chi connectivity index (χ1v) is 9.99. The van der Waals surface area contributed by atoms with E-state index >= 15 is 0 Å². The van der Waals surface area contributed by atoms with Crippen LogP contribution in [0.4, 0.5) is 4.79 Å². The number of para-hydroxylation sites is 1. The summed E-state index contributed by atoms with van der Waals surface area (Å²) in [5.74, 6) is 2.37. The smallest absolute Gasteiger partial charge is 0.407 e. The van der Waals surface area contributed by atoms with E-state index in [-0.39, 0.29) is 0 Å². The van der Waals surface area contributed by atoms with Gasteiger partial charge < -0.3 is 25.4 Å². The maximum Gasteiger partial charge on any atom is 0.407 e. The highest BCUT2D eigenvalue weighted by atomic mass is 16.6. The minimum atomic E-state index is -0.479. The zero-order chi connectivity index (χ0) is 20.4. The highest BCUT2D eigenvalue weighted by molar-refractivity contribution is 5.79. The Hall–Kier alpha value is -2.44. The number of nitrogens with zero attached hydrogens (tertiary/aromatic N) is 1. The van der Waals surface area contributed by atoms with Crippen LogP contribution in [0.1, 0.15) is 45.6 Å². The summed E-state index contributed by atoms with van der Waals surface area (Å²) in [6, 6.07) is 8.08. The van der Waals surface area contributed by atoms with Crippen LogP contribution in [-0.4, -0.2) is 44.4 Å². The molecule has 0 atom stereocenters. The van der Waals surface area contributed by atoms with Crippen LogP contribution in [0.5, 0.6) is 5.75 Å². The second-order valence-corrected chi connectivity index (χ2v) is 8.00. The molecule has 1 saturated carbocycles. The lowest BCUT2D eigenvalue weighted by Crippen LogP contribution is -2.39. The molecule has 7 nitrogen and oxygen atoms in total. The van der Waals surface area contributed by atoms with Gasteiger partial charge in [0.1, 0.15) is 11.4 Å². The highest BCUT2D eigenvalue weighted by Gasteiger charge is 2.22. The van der Waals surface area contributed by atoms with Crippen molar-refractivity contribution >= 4 is 12.1 Å². The van der Waals surface area contributed by atoms with Crippen molar-refractivity contribution in [3.05, 3.63) is 29.8 Å². The molecule has 1 amide bonds. The SMILES string of the molecule is CN=C(NCCCNC(=O)OC(C)(C)C)NCc1ccccc1OCC1CC1. The molecular formula is C21H34N4O3. The fraction of sp³-hybridized carbons (Fsp3) is 0.619. The zero-order valence-electron chi connectivity index (χ0n) is 17.5. The Bertz CT molecular complexity index is 651. The number of amides is 1. The number of hydrogen-bond acceptors (Lipinski definition) is 4. The van der Waals surface area contributed by atoms with Gasteiger partial charge in [-0.25, -0.2) is 4.79 Å². The number of nitrogens with one attached hydrogen (secondary N) is 3. The Morgan fingerprint density at radius 2 is 1.86 bits per heavy atom. The molecule has 0 radical (unpaired) electrons. The van der Waals surface area contributed by atoms with E-state index in [4.69, 9.17) is 9.47 Å². The van der Waals surface area contributed by atoms with Crippen LogP contribution >= 0.6 is 0 Å². The minimum absolute atomic E-state index is 0.391. The molecule has 7 heteroatoms. The monoisotopic (exact) mass is 390 g/mol. The van der Waals surface area contributed by atoms with E-state index in [2.05, 4.69) is 27.0 Å². The van der Waals surface area contributed by atoms with Gasteiger partial charge in [0.25, 0.3) is 0 Å². The van der Waals surface area contributed by atoms with Gasteiger partial charge >= 0.3 is 6.09 Å². The molecule has 1 aliphatic carbocycles. The minimum Gasteiger partial charge on any atom is -0.493 e. The summed E-state index contributed by atoms with van der Waals surface area (Å²) in [5, 5.41) is 9.30. The number of carbonyl (C=O) groups is 1. The van der Waals surface area contributed by atoms with Crippen molar-refractivity contribution in [3.63, 3.8) is 0 Å². The average molecular weight is 391 g/mol. The van der Waals surface area contributed by atoms with Gasteiger partial charge in [-0.3, -0.25) is 4.99 Å². The Balaban J connectivity index is 1.65. The van der Waals surface area contributed by atoms with Crippen molar-refractivity contribution in [2.75, 3.05) is 26.7 Å². The van der Waals surface area contributed by atoms with E-state index in [1.54, 1.807) is 7.05 Å². The maximum atomic E-state index is 11.6. The van der Waals surface area contributed by atoms with Crippen LogP contribution in [0, 0.1) is 5.92 Å². The molecule has 3 N–H and O–H groups in total. The number of ether oxygens (including phenoxy) is 2. The third-order valence-corrected chi connectivity index (χ3v) is 4.13. The Morgan fingerprint density at radius 1 is 1.14 bits per heavy atom. The van der Waals surface area contributed by atoms with E-state index < -0.39 is 11.7 Å². The molecule has 1 aromatic rings. The van der Waals surface area contributed by atoms with Gasteiger partial charge in [0, 0.05) is 32.2 Å². The molecule has 1 fully saturated rings. The van der Waals surface area contributed by atoms with Gasteiger partial charge in [-0.1, -0.05) is 18.2 Å². The fourth-order valence-electron chi connectivity index (χ4n) is 2.48. The molecule has 0 aliphatic heterocycles. The molecule has 2 rings (SSSR count). The summed E-state index contributed by atoms with van der Waals surface area (Å²) in [7, 11) is 1.74. The lowest BCUT2D eigenvalue weighted by molar-refractivity contribution is 0.0527. The van der Waals surface area contributed by atoms with Crippen molar-refractivity contribution in [3.8, 4) is 5.75 Å². The molecule has 0 spiro atoms. The first-order valence-electron chi connectivity index (χ1n) is 9.99. The zero-order valence-corrected chi connectivity index (χ0v) is 17.5. The van der Waals surface area contributed by atoms with E-state index in [1.807, 2.05) is 39.0 Å². The molecule has 0 saturated heterocycles. The predicted molar refractivity (Wildman–Crippen MR) is 112 cm³/mol. The van der Waals surface area contributed by atoms with Crippen LogP contribution in [0.25, 0.3) is 0 Å². The van der Waals surface area contributed by atoms with Gasteiger partial charge in [-0.15, -0.1) is 0 Å². The second-order valence-electron chi connectivity index (χ2n) is 8.00. The van der Waals surface area contributed by atoms with Crippen LogP contribution in [-0.2, 0) is 11.3 Å². The van der Waals surface area contributed by atoms with Gasteiger partial charge in [-0.05, 0) is 52.0 Å². The molecule has 0 bridgehead atoms. The second kappa shape index (κ2) is 10.8. The third kappa shape index (κ3) is 8.97. The van der Waals surface area contributed by atoms with Crippen molar-refractivity contribution in [1.29, 1.82) is 0 Å². The van der Waals surface area contributed by atoms with E-state index in [0.717, 1.165) is 30.3 Å². The van der Waals surface area contributed by atoms with Crippen molar-refractivity contribution in [2.24, 2.45) is 10.9 Å². The number of hydrogen-bond donors (Lipinski definition) is 3. The molecular weight excluding hydrogens is 356 g/mol. The third-order valence-electron chi connectivity index (χ3n) is 4.13.